The molecule has 26 heavy (non-hydrogen) atoms. The van der Waals surface area contributed by atoms with Gasteiger partial charge in [0.15, 0.2) is 0 Å². The minimum atomic E-state index is -0.421. The van der Waals surface area contributed by atoms with Crippen molar-refractivity contribution in [2.24, 2.45) is 0 Å². The molecule has 5 nitrogen and oxygen atoms in total. The van der Waals surface area contributed by atoms with E-state index in [0.29, 0.717) is 16.4 Å². The van der Waals surface area contributed by atoms with Crippen LogP contribution in [0, 0.1) is 23.7 Å². The lowest BCUT2D eigenvalue weighted by molar-refractivity contribution is -0.189. The highest BCUT2D eigenvalue weighted by Crippen LogP contribution is 2.15. The summed E-state index contributed by atoms with van der Waals surface area (Å²) < 4.78 is 0. The number of carbonyl (C=O) groups excluding carboxylic acids is 1. The Kier molecular flexibility index (Phi) is 4.94. The number of nitrogens with two attached hydrogens (primary N) is 1. The minimum absolute atomic E-state index is 0.258. The fraction of sp³-hybridized carbons (Fsp3) is 0.0952. The molecule has 5 heteroatoms. The van der Waals surface area contributed by atoms with E-state index in [0.717, 1.165) is 16.7 Å². The number of carbonyl (C=O) groups is 1. The van der Waals surface area contributed by atoms with Crippen molar-refractivity contribution in [2.75, 3.05) is 12.3 Å². The van der Waals surface area contributed by atoms with Crippen LogP contribution in [0.2, 0.25) is 0 Å². The van der Waals surface area contributed by atoms with E-state index < -0.39 is 6.04 Å². The lowest BCUT2D eigenvalue weighted by Crippen LogP contribution is -2.60. The SMILES string of the molecule is C=C(N[C@@H]1CN(O)C1=O)c1ccc(C#CC#Cc2ccc(N)cc2)cc1. The molecule has 2 aromatic rings. The highest BCUT2D eigenvalue weighted by atomic mass is 16.5. The molecule has 1 saturated heterocycles. The second-order valence-corrected chi connectivity index (χ2v) is 5.80. The Bertz CT molecular complexity index is 955. The van der Waals surface area contributed by atoms with Crippen LogP contribution in [0.1, 0.15) is 16.7 Å². The lowest BCUT2D eigenvalue weighted by atomic mass is 10.1. The molecule has 0 radical (unpaired) electrons. The maximum atomic E-state index is 11.4. The van der Waals surface area contributed by atoms with Gasteiger partial charge in [-0.1, -0.05) is 30.6 Å². The van der Waals surface area contributed by atoms with Crippen molar-refractivity contribution in [3.63, 3.8) is 0 Å². The van der Waals surface area contributed by atoms with Gasteiger partial charge in [-0.15, -0.1) is 0 Å². The number of hydrogen-bond donors (Lipinski definition) is 3. The van der Waals surface area contributed by atoms with E-state index in [1.807, 2.05) is 36.4 Å². The van der Waals surface area contributed by atoms with Crippen molar-refractivity contribution in [1.29, 1.82) is 0 Å². The van der Waals surface area contributed by atoms with E-state index in [2.05, 4.69) is 35.6 Å². The summed E-state index contributed by atoms with van der Waals surface area (Å²) in [5.41, 5.74) is 9.49. The fourth-order valence-corrected chi connectivity index (χ4v) is 2.34. The maximum absolute atomic E-state index is 11.4. The molecule has 1 aliphatic rings. The summed E-state index contributed by atoms with van der Waals surface area (Å²) in [6.07, 6.45) is 0. The van der Waals surface area contributed by atoms with Crippen LogP contribution in [0.25, 0.3) is 5.70 Å². The highest BCUT2D eigenvalue weighted by molar-refractivity contribution is 5.88. The van der Waals surface area contributed by atoms with E-state index in [1.54, 1.807) is 12.1 Å². The molecular formula is C21H17N3O2. The van der Waals surface area contributed by atoms with Crippen molar-refractivity contribution in [1.82, 2.24) is 10.4 Å². The van der Waals surface area contributed by atoms with Gasteiger partial charge < -0.3 is 11.1 Å². The summed E-state index contributed by atoms with van der Waals surface area (Å²) in [5.74, 6) is 11.2. The fourth-order valence-electron chi connectivity index (χ4n) is 2.34. The Morgan fingerprint density at radius 1 is 1.08 bits per heavy atom. The van der Waals surface area contributed by atoms with Gasteiger partial charge in [-0.3, -0.25) is 10.0 Å². The van der Waals surface area contributed by atoms with Crippen LogP contribution >= 0.6 is 0 Å². The molecule has 0 saturated carbocycles. The Morgan fingerprint density at radius 3 is 2.12 bits per heavy atom. The molecule has 3 rings (SSSR count). The zero-order valence-corrected chi connectivity index (χ0v) is 14.0. The molecular weight excluding hydrogens is 326 g/mol. The molecule has 1 fully saturated rings. The number of anilines is 1. The molecule has 1 heterocycles. The van der Waals surface area contributed by atoms with E-state index in [1.165, 1.54) is 0 Å². The Hall–Kier alpha value is -3.67. The van der Waals surface area contributed by atoms with Gasteiger partial charge in [-0.25, -0.2) is 5.06 Å². The Labute approximate surface area is 152 Å². The third-order valence-electron chi connectivity index (χ3n) is 3.88. The average Bonchev–Trinajstić information content (AvgIpc) is 2.66. The quantitative estimate of drug-likeness (QED) is 0.344. The van der Waals surface area contributed by atoms with Crippen molar-refractivity contribution >= 4 is 17.3 Å². The van der Waals surface area contributed by atoms with Crippen LogP contribution in [0.4, 0.5) is 5.69 Å². The third kappa shape index (κ3) is 4.05. The van der Waals surface area contributed by atoms with E-state index in [4.69, 9.17) is 10.9 Å². The molecule has 0 aliphatic carbocycles. The van der Waals surface area contributed by atoms with E-state index >= 15 is 0 Å². The summed E-state index contributed by atoms with van der Waals surface area (Å²) in [6.45, 7) is 4.18. The van der Waals surface area contributed by atoms with Gasteiger partial charge in [0.2, 0.25) is 0 Å². The average molecular weight is 343 g/mol. The monoisotopic (exact) mass is 343 g/mol. The zero-order chi connectivity index (χ0) is 18.5. The van der Waals surface area contributed by atoms with Crippen LogP contribution < -0.4 is 11.1 Å². The first-order valence-electron chi connectivity index (χ1n) is 7.96. The van der Waals surface area contributed by atoms with Gasteiger partial charge in [-0.05, 0) is 53.8 Å². The molecule has 4 N–H and O–H groups in total. The number of hydrogen-bond acceptors (Lipinski definition) is 4. The van der Waals surface area contributed by atoms with Crippen molar-refractivity contribution in [3.8, 4) is 23.7 Å². The Morgan fingerprint density at radius 2 is 1.62 bits per heavy atom. The second-order valence-electron chi connectivity index (χ2n) is 5.80. The topological polar surface area (TPSA) is 78.6 Å². The van der Waals surface area contributed by atoms with E-state index in [9.17, 15) is 4.79 Å². The number of nitrogens with one attached hydrogen (secondary N) is 1. The van der Waals surface area contributed by atoms with Crippen LogP contribution in [0.3, 0.4) is 0 Å². The number of benzene rings is 2. The molecule has 1 atom stereocenters. The molecule has 1 amide bonds. The number of amides is 1. The van der Waals surface area contributed by atoms with Gasteiger partial charge in [0.1, 0.15) is 6.04 Å². The molecule has 128 valence electrons. The minimum Gasteiger partial charge on any atom is -0.399 e. The molecule has 1 aliphatic heterocycles. The molecule has 0 spiro atoms. The number of rotatable bonds is 3. The van der Waals surface area contributed by atoms with Gasteiger partial charge in [-0.2, -0.15) is 0 Å². The summed E-state index contributed by atoms with van der Waals surface area (Å²) in [5, 5.41) is 12.7. The van der Waals surface area contributed by atoms with Crippen LogP contribution in [-0.2, 0) is 4.79 Å². The zero-order valence-electron chi connectivity index (χ0n) is 14.0. The number of β-lactam (4-membered cyclic amide) rings is 1. The predicted molar refractivity (Wildman–Crippen MR) is 101 cm³/mol. The smallest absolute Gasteiger partial charge is 0.270 e. The molecule has 0 aromatic heterocycles. The molecule has 0 bridgehead atoms. The standard InChI is InChI=1S/C21H17N3O2/c1-15(23-20-14-24(26)21(20)25)18-10-6-16(7-11-18)4-2-3-5-17-8-12-19(22)13-9-17/h6-13,20,23,26H,1,14,22H2/t20-/m1/s1. The van der Waals surface area contributed by atoms with Crippen LogP contribution in [0.15, 0.2) is 55.1 Å². The van der Waals surface area contributed by atoms with Crippen molar-refractivity contribution < 1.29 is 10.0 Å². The van der Waals surface area contributed by atoms with Gasteiger partial charge >= 0.3 is 0 Å². The number of hydroxylamine groups is 2. The number of nitrogen functional groups attached to an aromatic ring is 1. The largest absolute Gasteiger partial charge is 0.399 e. The van der Waals surface area contributed by atoms with Gasteiger partial charge in [0.05, 0.1) is 6.54 Å². The first-order valence-corrected chi connectivity index (χ1v) is 7.96. The van der Waals surface area contributed by atoms with Crippen molar-refractivity contribution in [2.45, 2.75) is 6.04 Å². The molecule has 0 unspecified atom stereocenters. The first kappa shape index (κ1) is 17.2. The normalized spacial score (nSPS) is 15.0. The highest BCUT2D eigenvalue weighted by Gasteiger charge is 2.36. The number of nitrogens with zero attached hydrogens (tertiary/aromatic N) is 1. The van der Waals surface area contributed by atoms with E-state index in [-0.39, 0.29) is 12.5 Å². The summed E-state index contributed by atoms with van der Waals surface area (Å²) in [7, 11) is 0. The first-order chi connectivity index (χ1) is 12.5. The summed E-state index contributed by atoms with van der Waals surface area (Å²) in [4.78, 5) is 11.4. The van der Waals surface area contributed by atoms with Crippen molar-refractivity contribution in [3.05, 3.63) is 71.8 Å². The predicted octanol–water partition coefficient (Wildman–Crippen LogP) is 1.83. The lowest BCUT2D eigenvalue weighted by Gasteiger charge is -2.34. The van der Waals surface area contributed by atoms with Gasteiger partial charge in [0.25, 0.3) is 5.91 Å². The summed E-state index contributed by atoms with van der Waals surface area (Å²) in [6, 6.07) is 14.3. The van der Waals surface area contributed by atoms with Crippen LogP contribution in [0.5, 0.6) is 0 Å². The van der Waals surface area contributed by atoms with Crippen LogP contribution in [-0.4, -0.2) is 28.8 Å². The maximum Gasteiger partial charge on any atom is 0.270 e. The molecule has 2 aromatic carbocycles. The Balaban J connectivity index is 1.59. The van der Waals surface area contributed by atoms with Gasteiger partial charge in [0, 0.05) is 22.5 Å². The summed E-state index contributed by atoms with van der Waals surface area (Å²) >= 11 is 0. The third-order valence-corrected chi connectivity index (χ3v) is 3.88. The second kappa shape index (κ2) is 7.48.